The summed E-state index contributed by atoms with van der Waals surface area (Å²) >= 11 is 1.60. The van der Waals surface area contributed by atoms with Crippen LogP contribution in [0.15, 0.2) is 102 Å². The summed E-state index contributed by atoms with van der Waals surface area (Å²) < 4.78 is 12.2. The lowest BCUT2D eigenvalue weighted by atomic mass is 9.87. The van der Waals surface area contributed by atoms with Gasteiger partial charge in [0.25, 0.3) is 0 Å². The van der Waals surface area contributed by atoms with Gasteiger partial charge in [-0.15, -0.1) is 11.8 Å². The van der Waals surface area contributed by atoms with Crippen LogP contribution in [0.4, 0.5) is 4.79 Å². The zero-order chi connectivity index (χ0) is 27.0. The molecule has 1 aliphatic heterocycles. The van der Waals surface area contributed by atoms with E-state index in [1.807, 2.05) is 66.7 Å². The van der Waals surface area contributed by atoms with E-state index in [0.717, 1.165) is 21.4 Å². The van der Waals surface area contributed by atoms with Gasteiger partial charge < -0.3 is 24.6 Å². The number of amides is 1. The molecule has 1 amide bonds. The van der Waals surface area contributed by atoms with Gasteiger partial charge in [0.2, 0.25) is 0 Å². The van der Waals surface area contributed by atoms with E-state index in [1.54, 1.807) is 11.8 Å². The molecule has 5 rings (SSSR count). The minimum Gasteiger partial charge on any atom is -0.491 e. The number of nitrogens with zero attached hydrogens (tertiary/aromatic N) is 1. The van der Waals surface area contributed by atoms with Gasteiger partial charge in [0, 0.05) is 23.1 Å². The molecule has 39 heavy (non-hydrogen) atoms. The number of aliphatic hydroxyl groups excluding tert-OH is 1. The fraction of sp³-hybridized carbons (Fsp3) is 0.281. The van der Waals surface area contributed by atoms with Crippen molar-refractivity contribution >= 4 is 28.6 Å². The van der Waals surface area contributed by atoms with E-state index >= 15 is 0 Å². The molecular weight excluding hydrogens is 510 g/mol. The Bertz CT molecular complexity index is 1360. The van der Waals surface area contributed by atoms with Crippen molar-refractivity contribution in [3.63, 3.8) is 0 Å². The van der Waals surface area contributed by atoms with Gasteiger partial charge in [-0.25, -0.2) is 4.79 Å². The number of fused-ring (bicyclic) bond motifs is 1. The average molecular weight is 544 g/mol. The summed E-state index contributed by atoms with van der Waals surface area (Å²) in [5.74, 6) is 1.32. The number of ether oxygens (including phenoxy) is 2. The van der Waals surface area contributed by atoms with Gasteiger partial charge in [-0.2, -0.15) is 0 Å². The Morgan fingerprint density at radius 3 is 2.46 bits per heavy atom. The van der Waals surface area contributed by atoms with E-state index in [9.17, 15) is 15.0 Å². The molecule has 1 heterocycles. The van der Waals surface area contributed by atoms with Gasteiger partial charge >= 0.3 is 6.09 Å². The SMILES string of the molecule is O=C(O)N1CCC(c2ccc(OCC(O)CSc3ccccc3)cc2)C(OCc2ccc3ccccc3c2)C1. The first-order valence-corrected chi connectivity index (χ1v) is 14.2. The second-order valence-electron chi connectivity index (χ2n) is 9.81. The Hall–Kier alpha value is -3.52. The van der Waals surface area contributed by atoms with Crippen LogP contribution >= 0.6 is 11.8 Å². The Morgan fingerprint density at radius 1 is 0.949 bits per heavy atom. The summed E-state index contributed by atoms with van der Waals surface area (Å²) in [6, 6.07) is 32.3. The zero-order valence-corrected chi connectivity index (χ0v) is 22.5. The quantitative estimate of drug-likeness (QED) is 0.225. The van der Waals surface area contributed by atoms with Crippen LogP contribution in [0.3, 0.4) is 0 Å². The second-order valence-corrected chi connectivity index (χ2v) is 10.9. The van der Waals surface area contributed by atoms with Crippen molar-refractivity contribution in [2.45, 2.75) is 36.0 Å². The Balaban J connectivity index is 1.19. The lowest BCUT2D eigenvalue weighted by Gasteiger charge is -2.37. The molecule has 0 saturated carbocycles. The molecule has 1 aliphatic rings. The molecule has 2 N–H and O–H groups in total. The molecule has 3 atom stereocenters. The molecule has 0 aromatic heterocycles. The fourth-order valence-electron chi connectivity index (χ4n) is 4.93. The van der Waals surface area contributed by atoms with Crippen LogP contribution < -0.4 is 4.74 Å². The van der Waals surface area contributed by atoms with Gasteiger partial charge in [0.15, 0.2) is 0 Å². The van der Waals surface area contributed by atoms with Crippen LogP contribution in [-0.2, 0) is 11.3 Å². The molecule has 0 spiro atoms. The Labute approximate surface area is 233 Å². The van der Waals surface area contributed by atoms with Gasteiger partial charge in [-0.3, -0.25) is 0 Å². The average Bonchev–Trinajstić information content (AvgIpc) is 2.98. The molecule has 4 aromatic rings. The largest absolute Gasteiger partial charge is 0.491 e. The monoisotopic (exact) mass is 543 g/mol. The molecular formula is C32H33NO5S. The van der Waals surface area contributed by atoms with E-state index in [2.05, 4.69) is 30.3 Å². The van der Waals surface area contributed by atoms with Crippen LogP contribution in [0.1, 0.15) is 23.5 Å². The minimum absolute atomic E-state index is 0.0722. The topological polar surface area (TPSA) is 79.2 Å². The number of benzene rings is 4. The fourth-order valence-corrected chi connectivity index (χ4v) is 5.76. The molecule has 202 valence electrons. The minimum atomic E-state index is -0.916. The maximum absolute atomic E-state index is 11.7. The lowest BCUT2D eigenvalue weighted by Crippen LogP contribution is -2.46. The number of hydrogen-bond acceptors (Lipinski definition) is 5. The predicted octanol–water partition coefficient (Wildman–Crippen LogP) is 6.42. The molecule has 1 saturated heterocycles. The number of thioether (sulfide) groups is 1. The number of carboxylic acid groups (broad SMARTS) is 1. The first-order valence-electron chi connectivity index (χ1n) is 13.2. The van der Waals surface area contributed by atoms with Crippen molar-refractivity contribution in [2.24, 2.45) is 0 Å². The number of rotatable bonds is 10. The van der Waals surface area contributed by atoms with Crippen molar-refractivity contribution < 1.29 is 24.5 Å². The number of aliphatic hydroxyl groups is 1. The Morgan fingerprint density at radius 2 is 1.69 bits per heavy atom. The van der Waals surface area contributed by atoms with Crippen LogP contribution in [0.2, 0.25) is 0 Å². The van der Waals surface area contributed by atoms with Crippen molar-refractivity contribution in [1.82, 2.24) is 4.90 Å². The molecule has 0 aliphatic carbocycles. The maximum atomic E-state index is 11.7. The summed E-state index contributed by atoms with van der Waals surface area (Å²) in [6.45, 7) is 1.43. The Kier molecular flexibility index (Phi) is 9.04. The van der Waals surface area contributed by atoms with Crippen molar-refractivity contribution in [1.29, 1.82) is 0 Å². The number of hydrogen-bond donors (Lipinski definition) is 2. The van der Waals surface area contributed by atoms with Crippen molar-refractivity contribution in [3.05, 3.63) is 108 Å². The standard InChI is InChI=1S/C32H33NO5S/c34-27(22-39-29-8-2-1-3-9-29)21-37-28-14-12-25(13-15-28)30-16-17-33(32(35)36)19-31(30)38-20-23-10-11-24-6-4-5-7-26(24)18-23/h1-15,18,27,30-31,34H,16-17,19-22H2,(H,35,36). The van der Waals surface area contributed by atoms with Crippen molar-refractivity contribution in [2.75, 3.05) is 25.4 Å². The highest BCUT2D eigenvalue weighted by molar-refractivity contribution is 7.99. The molecule has 4 aromatic carbocycles. The molecule has 1 fully saturated rings. The van der Waals surface area contributed by atoms with E-state index in [4.69, 9.17) is 9.47 Å². The van der Waals surface area contributed by atoms with E-state index in [-0.39, 0.29) is 18.6 Å². The zero-order valence-electron chi connectivity index (χ0n) is 21.7. The second kappa shape index (κ2) is 13.0. The van der Waals surface area contributed by atoms with E-state index < -0.39 is 12.2 Å². The first-order chi connectivity index (χ1) is 19.0. The van der Waals surface area contributed by atoms with Crippen LogP contribution in [0.25, 0.3) is 10.8 Å². The summed E-state index contributed by atoms with van der Waals surface area (Å²) in [7, 11) is 0. The first kappa shape index (κ1) is 27.1. The maximum Gasteiger partial charge on any atom is 0.407 e. The summed E-state index contributed by atoms with van der Waals surface area (Å²) in [6.07, 6.45) is -1.07. The lowest BCUT2D eigenvalue weighted by molar-refractivity contribution is -0.0199. The molecule has 3 unspecified atom stereocenters. The molecule has 0 bridgehead atoms. The van der Waals surface area contributed by atoms with Crippen LogP contribution in [0, 0.1) is 0 Å². The molecule has 7 heteroatoms. The highest BCUT2D eigenvalue weighted by atomic mass is 32.2. The third-order valence-corrected chi connectivity index (χ3v) is 8.20. The van der Waals surface area contributed by atoms with Crippen LogP contribution in [-0.4, -0.2) is 58.9 Å². The number of carbonyl (C=O) groups is 1. The van der Waals surface area contributed by atoms with Gasteiger partial charge in [0.05, 0.1) is 25.4 Å². The summed E-state index contributed by atoms with van der Waals surface area (Å²) in [5, 5.41) is 22.3. The van der Waals surface area contributed by atoms with Gasteiger partial charge in [-0.1, -0.05) is 66.7 Å². The third kappa shape index (κ3) is 7.32. The smallest absolute Gasteiger partial charge is 0.407 e. The highest BCUT2D eigenvalue weighted by Gasteiger charge is 2.33. The molecule has 6 nitrogen and oxygen atoms in total. The van der Waals surface area contributed by atoms with E-state index in [0.29, 0.717) is 37.6 Å². The normalized spacial score (nSPS) is 18.1. The van der Waals surface area contributed by atoms with Gasteiger partial charge in [-0.05, 0) is 58.7 Å². The summed E-state index contributed by atoms with van der Waals surface area (Å²) in [5.41, 5.74) is 2.16. The predicted molar refractivity (Wildman–Crippen MR) is 155 cm³/mol. The third-order valence-electron chi connectivity index (χ3n) is 7.04. The summed E-state index contributed by atoms with van der Waals surface area (Å²) in [4.78, 5) is 14.3. The molecule has 0 radical (unpaired) electrons. The van der Waals surface area contributed by atoms with Crippen molar-refractivity contribution in [3.8, 4) is 5.75 Å². The highest BCUT2D eigenvalue weighted by Crippen LogP contribution is 2.32. The van der Waals surface area contributed by atoms with Gasteiger partial charge in [0.1, 0.15) is 12.4 Å². The number of likely N-dealkylation sites (tertiary alicyclic amines) is 1. The number of piperidine rings is 1. The van der Waals surface area contributed by atoms with Crippen LogP contribution in [0.5, 0.6) is 5.75 Å². The van der Waals surface area contributed by atoms with E-state index in [1.165, 1.54) is 10.3 Å².